The maximum absolute atomic E-state index is 12.2. The van der Waals surface area contributed by atoms with Gasteiger partial charge in [-0.2, -0.15) is 0 Å². The number of Topliss-reactive ketones (excluding diaryl/α,β-unsaturated/α-hetero) is 1. The Bertz CT molecular complexity index is 549. The van der Waals surface area contributed by atoms with Crippen LogP contribution in [0.25, 0.3) is 0 Å². The van der Waals surface area contributed by atoms with Crippen molar-refractivity contribution in [2.75, 3.05) is 5.75 Å². The molecule has 116 valence electrons. The van der Waals surface area contributed by atoms with Crippen molar-refractivity contribution in [3.63, 3.8) is 0 Å². The highest BCUT2D eigenvalue weighted by atomic mass is 32.2. The Morgan fingerprint density at radius 2 is 1.71 bits per heavy atom. The molecule has 4 heteroatoms. The van der Waals surface area contributed by atoms with Crippen molar-refractivity contribution < 1.29 is 13.2 Å². The fraction of sp³-hybridized carbons (Fsp3) is 0.588. The molecule has 1 aromatic rings. The molecule has 0 spiro atoms. The Morgan fingerprint density at radius 3 is 2.48 bits per heavy atom. The van der Waals surface area contributed by atoms with Crippen molar-refractivity contribution in [1.29, 1.82) is 0 Å². The van der Waals surface area contributed by atoms with E-state index in [1.807, 2.05) is 6.07 Å². The highest BCUT2D eigenvalue weighted by molar-refractivity contribution is 7.91. The first-order valence-corrected chi connectivity index (χ1v) is 9.55. The minimum Gasteiger partial charge on any atom is -0.299 e. The number of hydrogen-bond acceptors (Lipinski definition) is 3. The fourth-order valence-electron chi connectivity index (χ4n) is 2.98. The summed E-state index contributed by atoms with van der Waals surface area (Å²) < 4.78 is 24.4. The van der Waals surface area contributed by atoms with Crippen molar-refractivity contribution in [2.45, 2.75) is 56.3 Å². The predicted molar refractivity (Wildman–Crippen MR) is 83.9 cm³/mol. The molecule has 1 saturated carbocycles. The standard InChI is InChI=1S/C17H24O3S/c18-17-13-7-2-1-4-9-15(17)10-8-14-21(19,20)16-11-5-3-6-12-16/h3,5-6,11-12,15H,1-2,4,7-10,13-14H2. The van der Waals surface area contributed by atoms with E-state index in [9.17, 15) is 13.2 Å². The molecule has 0 bridgehead atoms. The lowest BCUT2D eigenvalue weighted by Gasteiger charge is -2.18. The lowest BCUT2D eigenvalue weighted by molar-refractivity contribution is -0.123. The minimum absolute atomic E-state index is 0.0799. The van der Waals surface area contributed by atoms with Crippen LogP contribution in [0.15, 0.2) is 35.2 Å². The normalized spacial score (nSPS) is 20.8. The van der Waals surface area contributed by atoms with Crippen LogP contribution in [0.3, 0.4) is 0 Å². The van der Waals surface area contributed by atoms with Crippen LogP contribution in [0.2, 0.25) is 0 Å². The summed E-state index contributed by atoms with van der Waals surface area (Å²) in [4.78, 5) is 12.4. The summed E-state index contributed by atoms with van der Waals surface area (Å²) in [5.41, 5.74) is 0. The molecule has 2 rings (SSSR count). The summed E-state index contributed by atoms with van der Waals surface area (Å²) in [6, 6.07) is 8.56. The summed E-state index contributed by atoms with van der Waals surface area (Å²) in [5, 5.41) is 0. The molecule has 1 aliphatic carbocycles. The van der Waals surface area contributed by atoms with E-state index in [1.165, 1.54) is 6.42 Å². The van der Waals surface area contributed by atoms with E-state index in [0.717, 1.165) is 25.7 Å². The third-order valence-electron chi connectivity index (χ3n) is 4.25. The molecule has 1 aliphatic rings. The van der Waals surface area contributed by atoms with Crippen LogP contribution in [-0.4, -0.2) is 20.0 Å². The molecule has 0 N–H and O–H groups in total. The van der Waals surface area contributed by atoms with Gasteiger partial charge in [0.05, 0.1) is 10.6 Å². The first-order chi connectivity index (χ1) is 10.1. The molecule has 0 aliphatic heterocycles. The second kappa shape index (κ2) is 7.74. The number of rotatable bonds is 5. The van der Waals surface area contributed by atoms with Gasteiger partial charge in [0, 0.05) is 12.3 Å². The molecular weight excluding hydrogens is 284 g/mol. The molecule has 3 nitrogen and oxygen atoms in total. The van der Waals surface area contributed by atoms with Gasteiger partial charge < -0.3 is 0 Å². The van der Waals surface area contributed by atoms with Crippen LogP contribution in [0, 0.1) is 5.92 Å². The summed E-state index contributed by atoms with van der Waals surface area (Å²) in [5.74, 6) is 0.559. The zero-order valence-electron chi connectivity index (χ0n) is 12.5. The number of carbonyl (C=O) groups excluding carboxylic acids is 1. The Kier molecular flexibility index (Phi) is 5.97. The van der Waals surface area contributed by atoms with Crippen molar-refractivity contribution in [2.24, 2.45) is 5.92 Å². The Balaban J connectivity index is 1.86. The van der Waals surface area contributed by atoms with Crippen LogP contribution in [0.4, 0.5) is 0 Å². The summed E-state index contributed by atoms with van der Waals surface area (Å²) in [6.07, 6.45) is 7.35. The van der Waals surface area contributed by atoms with Crippen LogP contribution < -0.4 is 0 Å². The lowest BCUT2D eigenvalue weighted by atomic mass is 9.87. The zero-order valence-corrected chi connectivity index (χ0v) is 13.3. The average molecular weight is 308 g/mol. The van der Waals surface area contributed by atoms with E-state index in [1.54, 1.807) is 24.3 Å². The SMILES string of the molecule is O=C1CCCCCCC1CCCS(=O)(=O)c1ccccc1. The Hall–Kier alpha value is -1.16. The predicted octanol–water partition coefficient (Wildman–Crippen LogP) is 3.78. The van der Waals surface area contributed by atoms with Crippen LogP contribution in [0.1, 0.15) is 51.4 Å². The van der Waals surface area contributed by atoms with E-state index < -0.39 is 9.84 Å². The van der Waals surface area contributed by atoms with Gasteiger partial charge in [-0.15, -0.1) is 0 Å². The Labute approximate surface area is 127 Å². The van der Waals surface area contributed by atoms with E-state index in [-0.39, 0.29) is 11.7 Å². The molecule has 21 heavy (non-hydrogen) atoms. The maximum Gasteiger partial charge on any atom is 0.178 e. The second-order valence-corrected chi connectivity index (χ2v) is 8.00. The van der Waals surface area contributed by atoms with Gasteiger partial charge in [-0.1, -0.05) is 37.5 Å². The number of sulfone groups is 1. The summed E-state index contributed by atoms with van der Waals surface area (Å²) in [6.45, 7) is 0. The van der Waals surface area contributed by atoms with Crippen molar-refractivity contribution in [3.8, 4) is 0 Å². The van der Waals surface area contributed by atoms with Crippen molar-refractivity contribution in [1.82, 2.24) is 0 Å². The van der Waals surface area contributed by atoms with Crippen molar-refractivity contribution >= 4 is 15.6 Å². The molecule has 0 amide bonds. The first kappa shape index (κ1) is 16.2. The zero-order chi connectivity index (χ0) is 15.1. The third kappa shape index (κ3) is 4.95. The molecule has 1 aromatic carbocycles. The van der Waals surface area contributed by atoms with Gasteiger partial charge in [0.2, 0.25) is 0 Å². The maximum atomic E-state index is 12.2. The van der Waals surface area contributed by atoms with Gasteiger partial charge in [-0.3, -0.25) is 4.79 Å². The summed E-state index contributed by atoms with van der Waals surface area (Å²) in [7, 11) is -3.21. The highest BCUT2D eigenvalue weighted by Crippen LogP contribution is 2.24. The van der Waals surface area contributed by atoms with Crippen molar-refractivity contribution in [3.05, 3.63) is 30.3 Å². The third-order valence-corrected chi connectivity index (χ3v) is 6.07. The molecule has 1 atom stereocenters. The quantitative estimate of drug-likeness (QED) is 0.831. The molecule has 0 aromatic heterocycles. The molecule has 0 heterocycles. The van der Waals surface area contributed by atoms with E-state index >= 15 is 0 Å². The molecule has 0 saturated heterocycles. The fourth-order valence-corrected chi connectivity index (χ4v) is 4.33. The topological polar surface area (TPSA) is 51.2 Å². The van der Waals surface area contributed by atoms with Crippen LogP contribution in [0.5, 0.6) is 0 Å². The van der Waals surface area contributed by atoms with Crippen LogP contribution >= 0.6 is 0 Å². The van der Waals surface area contributed by atoms with E-state index in [0.29, 0.717) is 29.9 Å². The van der Waals surface area contributed by atoms with Gasteiger partial charge in [-0.25, -0.2) is 8.42 Å². The molecule has 0 radical (unpaired) electrons. The average Bonchev–Trinajstić information content (AvgIpc) is 2.47. The van der Waals surface area contributed by atoms with Gasteiger partial charge >= 0.3 is 0 Å². The Morgan fingerprint density at radius 1 is 1.00 bits per heavy atom. The summed E-state index contributed by atoms with van der Waals surface area (Å²) >= 11 is 0. The van der Waals surface area contributed by atoms with E-state index in [4.69, 9.17) is 0 Å². The molecule has 1 unspecified atom stereocenters. The largest absolute Gasteiger partial charge is 0.299 e. The monoisotopic (exact) mass is 308 g/mol. The number of benzene rings is 1. The number of carbonyl (C=O) groups is 1. The lowest BCUT2D eigenvalue weighted by Crippen LogP contribution is -2.18. The molecule has 1 fully saturated rings. The first-order valence-electron chi connectivity index (χ1n) is 7.90. The smallest absolute Gasteiger partial charge is 0.178 e. The second-order valence-electron chi connectivity index (χ2n) is 5.89. The van der Waals surface area contributed by atoms with Gasteiger partial charge in [0.25, 0.3) is 0 Å². The van der Waals surface area contributed by atoms with Gasteiger partial charge in [0.1, 0.15) is 5.78 Å². The molecular formula is C17H24O3S. The highest BCUT2D eigenvalue weighted by Gasteiger charge is 2.21. The van der Waals surface area contributed by atoms with Gasteiger partial charge in [-0.05, 0) is 37.8 Å². The van der Waals surface area contributed by atoms with E-state index in [2.05, 4.69) is 0 Å². The minimum atomic E-state index is -3.21. The van der Waals surface area contributed by atoms with Gasteiger partial charge in [0.15, 0.2) is 9.84 Å². The van der Waals surface area contributed by atoms with Crippen LogP contribution in [-0.2, 0) is 14.6 Å². The number of hydrogen-bond donors (Lipinski definition) is 0. The number of ketones is 1.